The van der Waals surface area contributed by atoms with Crippen LogP contribution >= 0.6 is 23.2 Å². The molecule has 2 heterocycles. The standard InChI is InChI=1S/C23H25Cl2N3O4S/c24-20-10-5-16(13-21(20)25)15-33(31,32)27-11-1-3-17(14-27)23(30)26-18-6-8-19(9-7-18)28-12-2-4-22(28)29/h5-10,13,17H,1-4,11-12,14-15H2,(H,26,30)/t17-/m1/s1. The second-order valence-electron chi connectivity index (χ2n) is 8.39. The highest BCUT2D eigenvalue weighted by Gasteiger charge is 2.32. The van der Waals surface area contributed by atoms with E-state index in [9.17, 15) is 18.0 Å². The van der Waals surface area contributed by atoms with Gasteiger partial charge < -0.3 is 10.2 Å². The summed E-state index contributed by atoms with van der Waals surface area (Å²) in [5, 5.41) is 3.55. The van der Waals surface area contributed by atoms with E-state index in [2.05, 4.69) is 5.32 Å². The van der Waals surface area contributed by atoms with Gasteiger partial charge in [-0.1, -0.05) is 29.3 Å². The van der Waals surface area contributed by atoms with Crippen LogP contribution < -0.4 is 10.2 Å². The van der Waals surface area contributed by atoms with Crippen molar-refractivity contribution in [3.63, 3.8) is 0 Å². The zero-order valence-corrected chi connectivity index (χ0v) is 20.3. The molecule has 0 radical (unpaired) electrons. The van der Waals surface area contributed by atoms with Crippen LogP contribution in [0, 0.1) is 5.92 Å². The third-order valence-corrected chi connectivity index (χ3v) is 8.56. The van der Waals surface area contributed by atoms with Gasteiger partial charge in [0, 0.05) is 37.4 Å². The summed E-state index contributed by atoms with van der Waals surface area (Å²) in [5.41, 5.74) is 1.98. The van der Waals surface area contributed by atoms with E-state index in [0.717, 1.165) is 12.1 Å². The Kier molecular flexibility index (Phi) is 7.28. The molecule has 0 spiro atoms. The minimum Gasteiger partial charge on any atom is -0.326 e. The Hall–Kier alpha value is -2.13. The van der Waals surface area contributed by atoms with Crippen molar-refractivity contribution >= 4 is 56.4 Å². The molecule has 7 nitrogen and oxygen atoms in total. The first-order valence-electron chi connectivity index (χ1n) is 10.9. The summed E-state index contributed by atoms with van der Waals surface area (Å²) >= 11 is 11.9. The van der Waals surface area contributed by atoms with Gasteiger partial charge >= 0.3 is 0 Å². The summed E-state index contributed by atoms with van der Waals surface area (Å²) in [6.45, 7) is 1.22. The van der Waals surface area contributed by atoms with Gasteiger partial charge in [-0.25, -0.2) is 12.7 Å². The van der Waals surface area contributed by atoms with E-state index in [1.807, 2.05) is 12.1 Å². The molecule has 2 aliphatic heterocycles. The fourth-order valence-electron chi connectivity index (χ4n) is 4.23. The minimum atomic E-state index is -3.61. The molecule has 0 aromatic heterocycles. The second-order valence-corrected chi connectivity index (χ2v) is 11.2. The number of piperidine rings is 1. The van der Waals surface area contributed by atoms with Crippen LogP contribution in [-0.2, 0) is 25.4 Å². The number of anilines is 2. The van der Waals surface area contributed by atoms with Gasteiger partial charge in [0.15, 0.2) is 0 Å². The molecule has 0 unspecified atom stereocenters. The molecule has 2 aliphatic rings. The lowest BCUT2D eigenvalue weighted by molar-refractivity contribution is -0.121. The lowest BCUT2D eigenvalue weighted by Gasteiger charge is -2.31. The number of nitrogens with zero attached hydrogens (tertiary/aromatic N) is 2. The monoisotopic (exact) mass is 509 g/mol. The highest BCUT2D eigenvalue weighted by Crippen LogP contribution is 2.27. The number of sulfonamides is 1. The van der Waals surface area contributed by atoms with E-state index >= 15 is 0 Å². The topological polar surface area (TPSA) is 86.8 Å². The van der Waals surface area contributed by atoms with Crippen molar-refractivity contribution < 1.29 is 18.0 Å². The van der Waals surface area contributed by atoms with Crippen LogP contribution in [0.1, 0.15) is 31.2 Å². The highest BCUT2D eigenvalue weighted by atomic mass is 35.5. The fourth-order valence-corrected chi connectivity index (χ4v) is 6.15. The summed E-state index contributed by atoms with van der Waals surface area (Å²) in [4.78, 5) is 26.5. The minimum absolute atomic E-state index is 0.108. The van der Waals surface area contributed by atoms with Crippen molar-refractivity contribution in [3.05, 3.63) is 58.1 Å². The Morgan fingerprint density at radius 2 is 1.79 bits per heavy atom. The van der Waals surface area contributed by atoms with Gasteiger partial charge in [-0.3, -0.25) is 9.59 Å². The average molecular weight is 510 g/mol. The number of amides is 2. The van der Waals surface area contributed by atoms with Gasteiger partial charge in [-0.15, -0.1) is 0 Å². The molecule has 176 valence electrons. The lowest BCUT2D eigenvalue weighted by atomic mass is 9.98. The van der Waals surface area contributed by atoms with E-state index < -0.39 is 15.9 Å². The Morgan fingerprint density at radius 1 is 1.03 bits per heavy atom. The van der Waals surface area contributed by atoms with E-state index in [1.54, 1.807) is 35.2 Å². The summed E-state index contributed by atoms with van der Waals surface area (Å²) in [6, 6.07) is 11.9. The molecule has 0 saturated carbocycles. The van der Waals surface area contributed by atoms with E-state index in [4.69, 9.17) is 23.2 Å². The van der Waals surface area contributed by atoms with Gasteiger partial charge in [-0.2, -0.15) is 0 Å². The third-order valence-electron chi connectivity index (χ3n) is 6.00. The number of hydrogen-bond acceptors (Lipinski definition) is 4. The molecule has 33 heavy (non-hydrogen) atoms. The van der Waals surface area contributed by atoms with Crippen molar-refractivity contribution in [3.8, 4) is 0 Å². The third kappa shape index (κ3) is 5.69. The molecule has 2 amide bonds. The van der Waals surface area contributed by atoms with E-state index in [-0.39, 0.29) is 24.1 Å². The molecular formula is C23H25Cl2N3O4S. The molecule has 2 saturated heterocycles. The van der Waals surface area contributed by atoms with Crippen molar-refractivity contribution in [2.75, 3.05) is 29.9 Å². The Labute approximate surface area is 203 Å². The van der Waals surface area contributed by atoms with Crippen molar-refractivity contribution in [1.29, 1.82) is 0 Å². The number of hydrogen-bond donors (Lipinski definition) is 1. The normalized spacial score (nSPS) is 19.6. The molecule has 0 bridgehead atoms. The maximum absolute atomic E-state index is 13.0. The lowest BCUT2D eigenvalue weighted by Crippen LogP contribution is -2.44. The second kappa shape index (κ2) is 10.0. The first-order chi connectivity index (χ1) is 15.7. The number of carbonyl (C=O) groups is 2. The number of benzene rings is 2. The summed E-state index contributed by atoms with van der Waals surface area (Å²) in [7, 11) is -3.61. The molecule has 4 rings (SSSR count). The highest BCUT2D eigenvalue weighted by molar-refractivity contribution is 7.88. The van der Waals surface area contributed by atoms with Crippen LogP contribution in [-0.4, -0.2) is 44.2 Å². The molecule has 2 fully saturated rings. The van der Waals surface area contributed by atoms with Crippen LogP contribution in [0.3, 0.4) is 0 Å². The quantitative estimate of drug-likeness (QED) is 0.628. The molecule has 2 aromatic carbocycles. The smallest absolute Gasteiger partial charge is 0.228 e. The summed E-state index contributed by atoms with van der Waals surface area (Å²) in [5.74, 6) is -0.748. The fraction of sp³-hybridized carbons (Fsp3) is 0.391. The first kappa shape index (κ1) is 24.0. The van der Waals surface area contributed by atoms with Crippen molar-refractivity contribution in [2.24, 2.45) is 5.92 Å². The van der Waals surface area contributed by atoms with E-state index in [0.29, 0.717) is 53.6 Å². The van der Waals surface area contributed by atoms with Crippen molar-refractivity contribution in [1.82, 2.24) is 4.31 Å². The molecule has 1 atom stereocenters. The van der Waals surface area contributed by atoms with Crippen LogP contribution in [0.4, 0.5) is 11.4 Å². The molecule has 1 N–H and O–H groups in total. The predicted molar refractivity (Wildman–Crippen MR) is 130 cm³/mol. The average Bonchev–Trinajstić information content (AvgIpc) is 3.22. The van der Waals surface area contributed by atoms with Gasteiger partial charge in [0.1, 0.15) is 0 Å². The largest absolute Gasteiger partial charge is 0.326 e. The van der Waals surface area contributed by atoms with Crippen LogP contribution in [0.15, 0.2) is 42.5 Å². The van der Waals surface area contributed by atoms with Gasteiger partial charge in [-0.05, 0) is 61.2 Å². The number of halogens is 2. The van der Waals surface area contributed by atoms with Crippen LogP contribution in [0.5, 0.6) is 0 Å². The molecule has 10 heteroatoms. The van der Waals surface area contributed by atoms with Gasteiger partial charge in [0.2, 0.25) is 21.8 Å². The van der Waals surface area contributed by atoms with Gasteiger partial charge in [0.25, 0.3) is 0 Å². The molecule has 0 aliphatic carbocycles. The molecule has 2 aromatic rings. The number of carbonyl (C=O) groups excluding carboxylic acids is 2. The first-order valence-corrected chi connectivity index (χ1v) is 13.2. The Bertz CT molecular complexity index is 1150. The predicted octanol–water partition coefficient (Wildman–Crippen LogP) is 4.30. The van der Waals surface area contributed by atoms with Crippen LogP contribution in [0.2, 0.25) is 10.0 Å². The van der Waals surface area contributed by atoms with Gasteiger partial charge in [0.05, 0.1) is 21.7 Å². The maximum atomic E-state index is 13.0. The molecular weight excluding hydrogens is 485 g/mol. The summed E-state index contributed by atoms with van der Waals surface area (Å²) in [6.07, 6.45) is 2.63. The number of rotatable bonds is 6. The zero-order chi connectivity index (χ0) is 23.6. The van der Waals surface area contributed by atoms with Crippen molar-refractivity contribution in [2.45, 2.75) is 31.4 Å². The Morgan fingerprint density at radius 3 is 2.45 bits per heavy atom. The Balaban J connectivity index is 1.37. The summed E-state index contributed by atoms with van der Waals surface area (Å²) < 4.78 is 27.3. The zero-order valence-electron chi connectivity index (χ0n) is 18.0. The number of nitrogens with one attached hydrogen (secondary N) is 1. The van der Waals surface area contributed by atoms with Crippen LogP contribution in [0.25, 0.3) is 0 Å². The SMILES string of the molecule is O=C(Nc1ccc(N2CCCC2=O)cc1)[C@@H]1CCCN(S(=O)(=O)Cc2ccc(Cl)c(Cl)c2)C1. The van der Waals surface area contributed by atoms with E-state index in [1.165, 1.54) is 4.31 Å². The maximum Gasteiger partial charge on any atom is 0.228 e.